The molecule has 2 rings (SSSR count). The maximum atomic E-state index is 6.38. The van der Waals surface area contributed by atoms with Gasteiger partial charge in [-0.05, 0) is 18.6 Å². The molecule has 0 radical (unpaired) electrons. The second kappa shape index (κ2) is 11.3. The maximum absolute atomic E-state index is 6.38. The molecule has 1 aromatic carbocycles. The summed E-state index contributed by atoms with van der Waals surface area (Å²) in [6.07, 6.45) is 0.0166. The average Bonchev–Trinajstić information content (AvgIpc) is 3.10. The maximum Gasteiger partial charge on any atom is 0.193 e. The number of methoxy groups -OCH3 is 1. The van der Waals surface area contributed by atoms with Gasteiger partial charge in [-0.1, -0.05) is 43.6 Å². The lowest BCUT2D eigenvalue weighted by molar-refractivity contribution is 0.119. The van der Waals surface area contributed by atoms with Gasteiger partial charge in [0.15, 0.2) is 5.96 Å². The normalized spacial score (nSPS) is 13.0. The molecule has 1 aromatic heterocycles. The minimum absolute atomic E-state index is 0. The van der Waals surface area contributed by atoms with E-state index in [0.717, 1.165) is 33.8 Å². The van der Waals surface area contributed by atoms with Crippen molar-refractivity contribution in [3.8, 4) is 0 Å². The fourth-order valence-corrected chi connectivity index (χ4v) is 4.02. The molecule has 0 bridgehead atoms. The molecule has 8 heteroatoms. The summed E-state index contributed by atoms with van der Waals surface area (Å²) in [4.78, 5) is 11.1. The topological polar surface area (TPSA) is 49.8 Å². The first-order valence-corrected chi connectivity index (χ1v) is 10.2. The highest BCUT2D eigenvalue weighted by Crippen LogP contribution is 2.29. The molecule has 2 aromatic rings. The summed E-state index contributed by atoms with van der Waals surface area (Å²) in [5.41, 5.74) is 2.00. The first kappa shape index (κ1) is 25.1. The Morgan fingerprint density at radius 1 is 1.39 bits per heavy atom. The number of guanidine groups is 1. The Hall–Kier alpha value is -0.900. The first-order chi connectivity index (χ1) is 12.8. The van der Waals surface area contributed by atoms with Crippen LogP contribution >= 0.6 is 46.9 Å². The molecule has 0 fully saturated rings. The van der Waals surface area contributed by atoms with Crippen LogP contribution in [0, 0.1) is 0 Å². The molecule has 1 N–H and O–H groups in total. The van der Waals surface area contributed by atoms with Gasteiger partial charge < -0.3 is 15.0 Å². The predicted octanol–water partition coefficient (Wildman–Crippen LogP) is 5.11. The lowest BCUT2D eigenvalue weighted by Gasteiger charge is -2.29. The van der Waals surface area contributed by atoms with Gasteiger partial charge in [-0.15, -0.1) is 35.3 Å². The number of hydrogen-bond acceptors (Lipinski definition) is 4. The van der Waals surface area contributed by atoms with Crippen LogP contribution in [0.2, 0.25) is 5.02 Å². The number of nitrogens with zero attached hydrogens (tertiary/aromatic N) is 3. The summed E-state index contributed by atoms with van der Waals surface area (Å²) in [5, 5.41) is 7.31. The molecule has 0 saturated carbocycles. The van der Waals surface area contributed by atoms with Crippen LogP contribution in [0.3, 0.4) is 0 Å². The van der Waals surface area contributed by atoms with Crippen LogP contribution in [-0.4, -0.2) is 43.6 Å². The minimum Gasteiger partial charge on any atom is -0.375 e. The Balaban J connectivity index is 0.00000392. The Morgan fingerprint density at radius 2 is 2.07 bits per heavy atom. The van der Waals surface area contributed by atoms with Crippen LogP contribution < -0.4 is 5.32 Å². The van der Waals surface area contributed by atoms with Crippen molar-refractivity contribution in [1.29, 1.82) is 0 Å². The number of hydrogen-bond donors (Lipinski definition) is 1. The summed E-state index contributed by atoms with van der Waals surface area (Å²) in [6, 6.07) is 7.98. The number of benzene rings is 1. The van der Waals surface area contributed by atoms with Crippen molar-refractivity contribution in [2.24, 2.45) is 4.99 Å². The Labute approximate surface area is 194 Å². The van der Waals surface area contributed by atoms with Gasteiger partial charge >= 0.3 is 0 Å². The second-order valence-electron chi connectivity index (χ2n) is 7.18. The molecule has 0 aliphatic carbocycles. The van der Waals surface area contributed by atoms with Gasteiger partial charge in [0.1, 0.15) is 11.1 Å². The molecular weight excluding hydrogens is 507 g/mol. The lowest BCUT2D eigenvalue weighted by Crippen LogP contribution is -2.44. The Kier molecular flexibility index (Phi) is 10.2. The van der Waals surface area contributed by atoms with E-state index < -0.39 is 0 Å². The zero-order chi connectivity index (χ0) is 20.0. The van der Waals surface area contributed by atoms with Gasteiger partial charge in [-0.3, -0.25) is 4.99 Å². The zero-order valence-electron chi connectivity index (χ0n) is 17.3. The fourth-order valence-electron chi connectivity index (χ4n) is 2.79. The van der Waals surface area contributed by atoms with Crippen molar-refractivity contribution in [1.82, 2.24) is 15.2 Å². The van der Waals surface area contributed by atoms with Crippen molar-refractivity contribution in [2.45, 2.75) is 38.8 Å². The number of aliphatic imine (C=N–C) groups is 1. The number of thiazole rings is 1. The molecule has 0 aliphatic rings. The van der Waals surface area contributed by atoms with Crippen molar-refractivity contribution in [3.05, 3.63) is 50.9 Å². The first-order valence-electron chi connectivity index (χ1n) is 8.92. The summed E-state index contributed by atoms with van der Waals surface area (Å²) >= 11 is 8.00. The number of rotatable bonds is 7. The van der Waals surface area contributed by atoms with Gasteiger partial charge in [0, 0.05) is 43.6 Å². The monoisotopic (exact) mass is 536 g/mol. The van der Waals surface area contributed by atoms with Crippen LogP contribution in [0.25, 0.3) is 0 Å². The third kappa shape index (κ3) is 6.57. The van der Waals surface area contributed by atoms with Crippen molar-refractivity contribution < 1.29 is 4.74 Å². The van der Waals surface area contributed by atoms with Gasteiger partial charge in [-0.25, -0.2) is 4.98 Å². The molecule has 0 amide bonds. The zero-order valence-corrected chi connectivity index (χ0v) is 21.2. The van der Waals surface area contributed by atoms with E-state index in [1.54, 1.807) is 25.5 Å². The fraction of sp³-hybridized carbons (Fsp3) is 0.500. The quantitative estimate of drug-likeness (QED) is 0.304. The molecule has 1 unspecified atom stereocenters. The van der Waals surface area contributed by atoms with Crippen LogP contribution in [0.1, 0.15) is 43.1 Å². The van der Waals surface area contributed by atoms with Crippen molar-refractivity contribution >= 4 is 52.9 Å². The third-order valence-electron chi connectivity index (χ3n) is 4.53. The van der Waals surface area contributed by atoms with Crippen molar-refractivity contribution in [3.63, 3.8) is 0 Å². The number of ether oxygens (including phenoxy) is 1. The highest BCUT2D eigenvalue weighted by molar-refractivity contribution is 14.0. The van der Waals surface area contributed by atoms with E-state index in [1.807, 2.05) is 32.2 Å². The highest BCUT2D eigenvalue weighted by Gasteiger charge is 2.24. The number of halogens is 2. The van der Waals surface area contributed by atoms with Crippen LogP contribution in [0.4, 0.5) is 0 Å². The second-order valence-corrected chi connectivity index (χ2v) is 8.47. The van der Waals surface area contributed by atoms with E-state index in [2.05, 4.69) is 45.5 Å². The van der Waals surface area contributed by atoms with E-state index in [1.165, 1.54) is 0 Å². The van der Waals surface area contributed by atoms with E-state index in [0.29, 0.717) is 6.54 Å². The third-order valence-corrected chi connectivity index (χ3v) is 5.92. The molecular formula is C20H30ClIN4OS. The standard InChI is InChI=1S/C20H29ClN4OS.HI/c1-14(26-6)18-24-15(12-27-18)11-25(5)19(22-4)23-13-20(2,3)16-9-7-8-10-17(16)21;/h7-10,12,14H,11,13H2,1-6H3,(H,22,23);1H. The molecule has 1 heterocycles. The van der Waals surface area contributed by atoms with Crippen LogP contribution in [-0.2, 0) is 16.7 Å². The number of aromatic nitrogens is 1. The molecule has 156 valence electrons. The summed E-state index contributed by atoms with van der Waals surface area (Å²) in [7, 11) is 5.50. The van der Waals surface area contributed by atoms with Gasteiger partial charge in [0.05, 0.1) is 12.2 Å². The largest absolute Gasteiger partial charge is 0.375 e. The van der Waals surface area contributed by atoms with Gasteiger partial charge in [0.2, 0.25) is 0 Å². The average molecular weight is 537 g/mol. The molecule has 0 aliphatic heterocycles. The minimum atomic E-state index is -0.128. The summed E-state index contributed by atoms with van der Waals surface area (Å²) < 4.78 is 5.34. The van der Waals surface area contributed by atoms with Crippen LogP contribution in [0.15, 0.2) is 34.6 Å². The Bertz CT molecular complexity index is 781. The molecule has 1 atom stereocenters. The molecule has 5 nitrogen and oxygen atoms in total. The lowest BCUT2D eigenvalue weighted by atomic mass is 9.84. The van der Waals surface area contributed by atoms with Crippen molar-refractivity contribution in [2.75, 3.05) is 27.7 Å². The predicted molar refractivity (Wildman–Crippen MR) is 130 cm³/mol. The van der Waals surface area contributed by atoms with E-state index in [9.17, 15) is 0 Å². The summed E-state index contributed by atoms with van der Waals surface area (Å²) in [5.74, 6) is 0.824. The van der Waals surface area contributed by atoms with Gasteiger partial charge in [0.25, 0.3) is 0 Å². The van der Waals surface area contributed by atoms with E-state index in [-0.39, 0.29) is 35.5 Å². The van der Waals surface area contributed by atoms with E-state index in [4.69, 9.17) is 16.3 Å². The SMILES string of the molecule is CN=C(NCC(C)(C)c1ccccc1Cl)N(C)Cc1csc(C(C)OC)n1.I. The van der Waals surface area contributed by atoms with Crippen LogP contribution in [0.5, 0.6) is 0 Å². The van der Waals surface area contributed by atoms with Gasteiger partial charge in [-0.2, -0.15) is 0 Å². The number of nitrogens with one attached hydrogen (secondary N) is 1. The summed E-state index contributed by atoms with van der Waals surface area (Å²) in [6.45, 7) is 7.75. The molecule has 0 spiro atoms. The van der Waals surface area contributed by atoms with E-state index >= 15 is 0 Å². The molecule has 28 heavy (non-hydrogen) atoms. The smallest absolute Gasteiger partial charge is 0.193 e. The highest BCUT2D eigenvalue weighted by atomic mass is 127. The Morgan fingerprint density at radius 3 is 2.68 bits per heavy atom. The molecule has 0 saturated heterocycles.